The Balaban J connectivity index is 1.63. The van der Waals surface area contributed by atoms with Crippen molar-refractivity contribution in [3.8, 4) is 5.75 Å². The fraction of sp³-hybridized carbons (Fsp3) is 0.143. The monoisotopic (exact) mass is 445 g/mol. The van der Waals surface area contributed by atoms with Crippen LogP contribution in [0.1, 0.15) is 12.5 Å². The average molecular weight is 446 g/mol. The maximum absolute atomic E-state index is 12.4. The number of nitrogens with one attached hydrogen (secondary N) is 2. The molecule has 0 saturated carbocycles. The Morgan fingerprint density at radius 1 is 1.10 bits per heavy atom. The van der Waals surface area contributed by atoms with E-state index in [0.29, 0.717) is 16.5 Å². The van der Waals surface area contributed by atoms with Gasteiger partial charge in [0.25, 0.3) is 15.9 Å². The first-order chi connectivity index (χ1) is 14.2. The van der Waals surface area contributed by atoms with Gasteiger partial charge in [-0.25, -0.2) is 13.4 Å². The zero-order valence-electron chi connectivity index (χ0n) is 16.3. The fourth-order valence-corrected chi connectivity index (χ4v) is 3.66. The Morgan fingerprint density at radius 3 is 2.47 bits per heavy atom. The van der Waals surface area contributed by atoms with Crippen molar-refractivity contribution in [2.75, 3.05) is 10.0 Å². The standard InChI is InChI=1S/C21H20ClN3O4S/c1-14-13-17(8-11-19(14)22)29-15(2)21(26)24-16-6-9-18(10-7-16)30(27,28)25-20-5-3-4-12-23-20/h3-13,15H,1-2H3,(H,23,25)(H,24,26). The Labute approximate surface area is 180 Å². The molecule has 0 radical (unpaired) electrons. The van der Waals surface area contributed by atoms with Crippen LogP contribution in [0.2, 0.25) is 5.02 Å². The van der Waals surface area contributed by atoms with E-state index in [2.05, 4.69) is 15.0 Å². The number of sulfonamides is 1. The number of carbonyl (C=O) groups is 1. The van der Waals surface area contributed by atoms with Crippen LogP contribution >= 0.6 is 11.6 Å². The number of carbonyl (C=O) groups excluding carboxylic acids is 1. The van der Waals surface area contributed by atoms with E-state index in [1.165, 1.54) is 30.5 Å². The highest BCUT2D eigenvalue weighted by molar-refractivity contribution is 7.92. The van der Waals surface area contributed by atoms with Crippen LogP contribution in [0.15, 0.2) is 71.8 Å². The SMILES string of the molecule is Cc1cc(OC(C)C(=O)Nc2ccc(S(=O)(=O)Nc3ccccn3)cc2)ccc1Cl. The minimum atomic E-state index is -3.78. The number of hydrogen-bond donors (Lipinski definition) is 2. The van der Waals surface area contributed by atoms with Gasteiger partial charge in [-0.1, -0.05) is 17.7 Å². The van der Waals surface area contributed by atoms with Gasteiger partial charge in [0.15, 0.2) is 6.10 Å². The zero-order chi connectivity index (χ0) is 21.7. The maximum Gasteiger partial charge on any atom is 0.265 e. The van der Waals surface area contributed by atoms with E-state index < -0.39 is 16.1 Å². The lowest BCUT2D eigenvalue weighted by Gasteiger charge is -2.15. The Hall–Kier alpha value is -3.10. The molecule has 0 aliphatic rings. The summed E-state index contributed by atoms with van der Waals surface area (Å²) < 4.78 is 32.9. The molecule has 156 valence electrons. The highest BCUT2D eigenvalue weighted by Crippen LogP contribution is 2.22. The molecule has 2 aromatic carbocycles. The first kappa shape index (κ1) is 21.6. The Bertz CT molecular complexity index is 1140. The van der Waals surface area contributed by atoms with Gasteiger partial charge >= 0.3 is 0 Å². The van der Waals surface area contributed by atoms with Crippen LogP contribution < -0.4 is 14.8 Å². The Morgan fingerprint density at radius 2 is 1.83 bits per heavy atom. The molecule has 1 amide bonds. The summed E-state index contributed by atoms with van der Waals surface area (Å²) in [7, 11) is -3.78. The third kappa shape index (κ3) is 5.49. The molecule has 3 rings (SSSR count). The summed E-state index contributed by atoms with van der Waals surface area (Å²) in [6.45, 7) is 3.47. The Kier molecular flexibility index (Phi) is 6.59. The predicted octanol–water partition coefficient (Wildman–Crippen LogP) is 4.25. The first-order valence-corrected chi connectivity index (χ1v) is 10.9. The second-order valence-electron chi connectivity index (χ2n) is 6.51. The minimum absolute atomic E-state index is 0.0482. The summed E-state index contributed by atoms with van der Waals surface area (Å²) in [5, 5.41) is 3.32. The molecule has 7 nitrogen and oxygen atoms in total. The first-order valence-electron chi connectivity index (χ1n) is 9.02. The molecule has 1 atom stereocenters. The van der Waals surface area contributed by atoms with Crippen molar-refractivity contribution in [2.24, 2.45) is 0 Å². The number of anilines is 2. The number of aromatic nitrogens is 1. The summed E-state index contributed by atoms with van der Waals surface area (Å²) in [5.74, 6) is 0.379. The van der Waals surface area contributed by atoms with Crippen LogP contribution in [-0.2, 0) is 14.8 Å². The summed E-state index contributed by atoms with van der Waals surface area (Å²) in [5.41, 5.74) is 1.29. The number of hydrogen-bond acceptors (Lipinski definition) is 5. The molecule has 0 aliphatic heterocycles. The van der Waals surface area contributed by atoms with E-state index >= 15 is 0 Å². The topological polar surface area (TPSA) is 97.4 Å². The molecule has 0 saturated heterocycles. The van der Waals surface area contributed by atoms with E-state index in [1.807, 2.05) is 6.92 Å². The number of halogens is 1. The number of aryl methyl sites for hydroxylation is 1. The van der Waals surface area contributed by atoms with Gasteiger partial charge in [-0.3, -0.25) is 9.52 Å². The number of rotatable bonds is 7. The van der Waals surface area contributed by atoms with Gasteiger partial charge in [-0.2, -0.15) is 0 Å². The lowest BCUT2D eigenvalue weighted by molar-refractivity contribution is -0.122. The van der Waals surface area contributed by atoms with Crippen molar-refractivity contribution in [1.29, 1.82) is 0 Å². The number of pyridine rings is 1. The van der Waals surface area contributed by atoms with Crippen molar-refractivity contribution in [3.05, 3.63) is 77.4 Å². The molecule has 0 aliphatic carbocycles. The van der Waals surface area contributed by atoms with Gasteiger partial charge in [0.2, 0.25) is 0 Å². The fourth-order valence-electron chi connectivity index (χ4n) is 2.53. The molecule has 0 bridgehead atoms. The van der Waals surface area contributed by atoms with Crippen LogP contribution in [0.25, 0.3) is 0 Å². The van der Waals surface area contributed by atoms with Crippen molar-refractivity contribution >= 4 is 39.0 Å². The van der Waals surface area contributed by atoms with Crippen molar-refractivity contribution in [3.63, 3.8) is 0 Å². The van der Waals surface area contributed by atoms with Gasteiger partial charge in [0, 0.05) is 16.9 Å². The molecule has 3 aromatic rings. The highest BCUT2D eigenvalue weighted by atomic mass is 35.5. The van der Waals surface area contributed by atoms with Crippen LogP contribution in [-0.4, -0.2) is 25.4 Å². The number of benzene rings is 2. The molecular weight excluding hydrogens is 426 g/mol. The third-order valence-corrected chi connectivity index (χ3v) is 5.94. The molecule has 2 N–H and O–H groups in total. The van der Waals surface area contributed by atoms with E-state index in [0.717, 1.165) is 5.56 Å². The molecule has 0 fully saturated rings. The number of ether oxygens (including phenoxy) is 1. The van der Waals surface area contributed by atoms with Crippen molar-refractivity contribution in [2.45, 2.75) is 24.8 Å². The lowest BCUT2D eigenvalue weighted by Crippen LogP contribution is -2.30. The van der Waals surface area contributed by atoms with Crippen LogP contribution in [0, 0.1) is 6.92 Å². The maximum atomic E-state index is 12.4. The van der Waals surface area contributed by atoms with Crippen LogP contribution in [0.5, 0.6) is 5.75 Å². The largest absolute Gasteiger partial charge is 0.481 e. The molecular formula is C21H20ClN3O4S. The molecule has 9 heteroatoms. The molecule has 1 heterocycles. The van der Waals surface area contributed by atoms with Gasteiger partial charge < -0.3 is 10.1 Å². The lowest BCUT2D eigenvalue weighted by atomic mass is 10.2. The average Bonchev–Trinajstić information content (AvgIpc) is 2.71. The second-order valence-corrected chi connectivity index (χ2v) is 8.59. The zero-order valence-corrected chi connectivity index (χ0v) is 17.9. The normalized spacial score (nSPS) is 12.1. The molecule has 1 unspecified atom stereocenters. The van der Waals surface area contributed by atoms with E-state index in [-0.39, 0.29) is 16.6 Å². The van der Waals surface area contributed by atoms with Gasteiger partial charge in [0.05, 0.1) is 4.90 Å². The van der Waals surface area contributed by atoms with Crippen LogP contribution in [0.4, 0.5) is 11.5 Å². The quantitative estimate of drug-likeness (QED) is 0.566. The molecule has 1 aromatic heterocycles. The van der Waals surface area contributed by atoms with Crippen LogP contribution in [0.3, 0.4) is 0 Å². The van der Waals surface area contributed by atoms with Crippen molar-refractivity contribution < 1.29 is 17.9 Å². The highest BCUT2D eigenvalue weighted by Gasteiger charge is 2.17. The summed E-state index contributed by atoms with van der Waals surface area (Å²) >= 11 is 5.99. The molecule has 30 heavy (non-hydrogen) atoms. The van der Waals surface area contributed by atoms with E-state index in [9.17, 15) is 13.2 Å². The van der Waals surface area contributed by atoms with Gasteiger partial charge in [-0.15, -0.1) is 0 Å². The predicted molar refractivity (Wildman–Crippen MR) is 116 cm³/mol. The van der Waals surface area contributed by atoms with Crippen molar-refractivity contribution in [1.82, 2.24) is 4.98 Å². The smallest absolute Gasteiger partial charge is 0.265 e. The number of amides is 1. The summed E-state index contributed by atoms with van der Waals surface area (Å²) in [6.07, 6.45) is 0.727. The minimum Gasteiger partial charge on any atom is -0.481 e. The summed E-state index contributed by atoms with van der Waals surface area (Å²) in [4.78, 5) is 16.4. The third-order valence-electron chi connectivity index (χ3n) is 4.15. The van der Waals surface area contributed by atoms with E-state index in [1.54, 1.807) is 43.3 Å². The van der Waals surface area contributed by atoms with E-state index in [4.69, 9.17) is 16.3 Å². The summed E-state index contributed by atoms with van der Waals surface area (Å²) in [6, 6.07) is 15.9. The second kappa shape index (κ2) is 9.15. The molecule has 0 spiro atoms. The van der Waals surface area contributed by atoms with Gasteiger partial charge in [0.1, 0.15) is 11.6 Å². The van der Waals surface area contributed by atoms with Gasteiger partial charge in [-0.05, 0) is 74.0 Å². The number of nitrogens with zero attached hydrogens (tertiary/aromatic N) is 1.